The third-order valence-corrected chi connectivity index (χ3v) is 4.03. The molecule has 6 nitrogen and oxygen atoms in total. The molecule has 23 heavy (non-hydrogen) atoms. The first-order valence-corrected chi connectivity index (χ1v) is 7.57. The fraction of sp³-hybridized carbons (Fsp3) is 0.471. The third-order valence-electron chi connectivity index (χ3n) is 4.03. The van der Waals surface area contributed by atoms with Crippen LogP contribution in [0.1, 0.15) is 18.4 Å². The Morgan fingerprint density at radius 1 is 1.43 bits per heavy atom. The molecule has 0 bridgehead atoms. The molecule has 1 unspecified atom stereocenters. The van der Waals surface area contributed by atoms with Crippen LogP contribution in [0.5, 0.6) is 5.75 Å². The van der Waals surface area contributed by atoms with Crippen molar-refractivity contribution in [2.45, 2.75) is 19.4 Å². The van der Waals surface area contributed by atoms with Gasteiger partial charge in [-0.05, 0) is 17.7 Å². The van der Waals surface area contributed by atoms with E-state index in [4.69, 9.17) is 10.00 Å². The number of carbonyl (C=O) groups excluding carboxylic acids is 2. The number of hydrogen-bond acceptors (Lipinski definition) is 4. The summed E-state index contributed by atoms with van der Waals surface area (Å²) < 4.78 is 5.11. The smallest absolute Gasteiger partial charge is 0.227 e. The molecule has 1 aliphatic heterocycles. The van der Waals surface area contributed by atoms with E-state index < -0.39 is 0 Å². The number of benzene rings is 1. The molecule has 1 aromatic rings. The predicted molar refractivity (Wildman–Crippen MR) is 84.4 cm³/mol. The SMILES string of the molecule is COc1ccc(CN2CC(C(=O)N(C)CCC#N)CC2=O)cc1. The Morgan fingerprint density at radius 3 is 2.74 bits per heavy atom. The molecule has 1 aliphatic rings. The topological polar surface area (TPSA) is 73.6 Å². The third kappa shape index (κ3) is 4.22. The zero-order valence-electron chi connectivity index (χ0n) is 13.5. The van der Waals surface area contributed by atoms with Crippen LogP contribution in [0.3, 0.4) is 0 Å². The Morgan fingerprint density at radius 2 is 2.13 bits per heavy atom. The van der Waals surface area contributed by atoms with Crippen molar-refractivity contribution in [3.05, 3.63) is 29.8 Å². The fourth-order valence-corrected chi connectivity index (χ4v) is 2.68. The van der Waals surface area contributed by atoms with Crippen LogP contribution in [0.4, 0.5) is 0 Å². The van der Waals surface area contributed by atoms with Crippen molar-refractivity contribution in [2.24, 2.45) is 5.92 Å². The van der Waals surface area contributed by atoms with E-state index in [0.29, 0.717) is 26.1 Å². The number of carbonyl (C=O) groups is 2. The summed E-state index contributed by atoms with van der Waals surface area (Å²) in [6.07, 6.45) is 0.546. The molecule has 1 aromatic carbocycles. The van der Waals surface area contributed by atoms with Crippen molar-refractivity contribution < 1.29 is 14.3 Å². The van der Waals surface area contributed by atoms with E-state index >= 15 is 0 Å². The normalized spacial score (nSPS) is 17.0. The van der Waals surface area contributed by atoms with Gasteiger partial charge in [0.15, 0.2) is 0 Å². The van der Waals surface area contributed by atoms with E-state index in [2.05, 4.69) is 0 Å². The second-order valence-electron chi connectivity index (χ2n) is 5.69. The van der Waals surface area contributed by atoms with Crippen molar-refractivity contribution in [1.29, 1.82) is 5.26 Å². The molecular formula is C17H21N3O3. The lowest BCUT2D eigenvalue weighted by atomic mass is 10.1. The van der Waals surface area contributed by atoms with Crippen molar-refractivity contribution in [2.75, 3.05) is 27.2 Å². The molecular weight excluding hydrogens is 294 g/mol. The van der Waals surface area contributed by atoms with Gasteiger partial charge in [-0.2, -0.15) is 5.26 Å². The van der Waals surface area contributed by atoms with Crippen molar-refractivity contribution in [3.63, 3.8) is 0 Å². The van der Waals surface area contributed by atoms with Crippen LogP contribution in [0, 0.1) is 17.2 Å². The number of ether oxygens (including phenoxy) is 1. The summed E-state index contributed by atoms with van der Waals surface area (Å²) >= 11 is 0. The molecule has 1 saturated heterocycles. The average Bonchev–Trinajstić information content (AvgIpc) is 2.93. The minimum Gasteiger partial charge on any atom is -0.497 e. The quantitative estimate of drug-likeness (QED) is 0.795. The van der Waals surface area contributed by atoms with Gasteiger partial charge in [0.2, 0.25) is 11.8 Å². The van der Waals surface area contributed by atoms with Gasteiger partial charge in [-0.25, -0.2) is 0 Å². The van der Waals surface area contributed by atoms with Gasteiger partial charge in [0.1, 0.15) is 5.75 Å². The maximum Gasteiger partial charge on any atom is 0.227 e. The molecule has 0 radical (unpaired) electrons. The van der Waals surface area contributed by atoms with Crippen molar-refractivity contribution in [3.8, 4) is 11.8 Å². The standard InChI is InChI=1S/C17H21N3O3/c1-19(9-3-8-18)17(22)14-10-16(21)20(12-14)11-13-4-6-15(23-2)7-5-13/h4-7,14H,3,9-12H2,1-2H3. The number of rotatable bonds is 6. The van der Waals surface area contributed by atoms with E-state index in [1.54, 1.807) is 19.1 Å². The van der Waals surface area contributed by atoms with Crippen molar-refractivity contribution >= 4 is 11.8 Å². The largest absolute Gasteiger partial charge is 0.497 e. The summed E-state index contributed by atoms with van der Waals surface area (Å²) in [5, 5.41) is 8.59. The van der Waals surface area contributed by atoms with Crippen molar-refractivity contribution in [1.82, 2.24) is 9.80 Å². The average molecular weight is 315 g/mol. The molecule has 0 aromatic heterocycles. The minimum atomic E-state index is -0.315. The molecule has 0 saturated carbocycles. The summed E-state index contributed by atoms with van der Waals surface area (Å²) in [4.78, 5) is 27.7. The van der Waals surface area contributed by atoms with Crippen LogP contribution < -0.4 is 4.74 Å². The second kappa shape index (κ2) is 7.63. The zero-order chi connectivity index (χ0) is 16.8. The lowest BCUT2D eigenvalue weighted by Gasteiger charge is -2.20. The second-order valence-corrected chi connectivity index (χ2v) is 5.69. The first-order valence-electron chi connectivity index (χ1n) is 7.57. The van der Waals surface area contributed by atoms with Crippen LogP contribution in [0.25, 0.3) is 0 Å². The Balaban J connectivity index is 1.94. The lowest BCUT2D eigenvalue weighted by Crippen LogP contribution is -2.35. The first-order chi connectivity index (χ1) is 11.0. The Bertz CT molecular complexity index is 607. The van der Waals surface area contributed by atoms with Gasteiger partial charge in [0.25, 0.3) is 0 Å². The van der Waals surface area contributed by atoms with E-state index in [-0.39, 0.29) is 24.2 Å². The lowest BCUT2D eigenvalue weighted by molar-refractivity contribution is -0.134. The maximum absolute atomic E-state index is 12.3. The summed E-state index contributed by atoms with van der Waals surface area (Å²) in [6.45, 7) is 1.33. The Kier molecular flexibility index (Phi) is 5.58. The van der Waals surface area contributed by atoms with Gasteiger partial charge in [-0.3, -0.25) is 9.59 Å². The highest BCUT2D eigenvalue weighted by molar-refractivity contribution is 5.89. The van der Waals surface area contributed by atoms with Gasteiger partial charge in [0, 0.05) is 33.1 Å². The monoisotopic (exact) mass is 315 g/mol. The fourth-order valence-electron chi connectivity index (χ4n) is 2.68. The number of amides is 2. The first kappa shape index (κ1) is 16.8. The molecule has 0 N–H and O–H groups in total. The van der Waals surface area contributed by atoms with Crippen LogP contribution in [0.2, 0.25) is 0 Å². The highest BCUT2D eigenvalue weighted by Crippen LogP contribution is 2.22. The molecule has 1 heterocycles. The van der Waals surface area contributed by atoms with Crippen LogP contribution in [-0.2, 0) is 16.1 Å². The van der Waals surface area contributed by atoms with Gasteiger partial charge in [-0.15, -0.1) is 0 Å². The molecule has 0 aliphatic carbocycles. The predicted octanol–water partition coefficient (Wildman–Crippen LogP) is 1.42. The summed E-state index contributed by atoms with van der Waals surface area (Å²) in [5.41, 5.74) is 1.00. The number of nitriles is 1. The zero-order valence-corrected chi connectivity index (χ0v) is 13.5. The highest BCUT2D eigenvalue weighted by Gasteiger charge is 2.35. The molecule has 1 atom stereocenters. The Labute approximate surface area is 136 Å². The summed E-state index contributed by atoms with van der Waals surface area (Å²) in [6, 6.07) is 9.57. The molecule has 2 amide bonds. The van der Waals surface area contributed by atoms with E-state index in [0.717, 1.165) is 11.3 Å². The van der Waals surface area contributed by atoms with E-state index in [1.165, 1.54) is 4.90 Å². The molecule has 2 rings (SSSR count). The number of hydrogen-bond donors (Lipinski definition) is 0. The summed E-state index contributed by atoms with van der Waals surface area (Å²) in [5.74, 6) is 0.386. The van der Waals surface area contributed by atoms with Gasteiger partial charge < -0.3 is 14.5 Å². The van der Waals surface area contributed by atoms with Gasteiger partial charge in [0.05, 0.1) is 25.5 Å². The molecule has 0 spiro atoms. The number of likely N-dealkylation sites (tertiary alicyclic amines) is 1. The van der Waals surface area contributed by atoms with E-state index in [9.17, 15) is 9.59 Å². The Hall–Kier alpha value is -2.55. The van der Waals surface area contributed by atoms with Gasteiger partial charge in [-0.1, -0.05) is 12.1 Å². The highest BCUT2D eigenvalue weighted by atomic mass is 16.5. The molecule has 1 fully saturated rings. The number of nitrogens with zero attached hydrogens (tertiary/aromatic N) is 3. The van der Waals surface area contributed by atoms with E-state index in [1.807, 2.05) is 30.3 Å². The van der Waals surface area contributed by atoms with Gasteiger partial charge >= 0.3 is 0 Å². The maximum atomic E-state index is 12.3. The van der Waals surface area contributed by atoms with Crippen LogP contribution in [0.15, 0.2) is 24.3 Å². The summed E-state index contributed by atoms with van der Waals surface area (Å²) in [7, 11) is 3.29. The van der Waals surface area contributed by atoms with Crippen LogP contribution in [-0.4, -0.2) is 48.9 Å². The molecule has 122 valence electrons. The van der Waals surface area contributed by atoms with Crippen LogP contribution >= 0.6 is 0 Å². The minimum absolute atomic E-state index is 0.00662. The number of methoxy groups -OCH3 is 1. The molecule has 6 heteroatoms.